The fourth-order valence-corrected chi connectivity index (χ4v) is 10.4. The summed E-state index contributed by atoms with van der Waals surface area (Å²) in [5.41, 5.74) is 1.78. The van der Waals surface area contributed by atoms with Gasteiger partial charge in [0.1, 0.15) is 12.6 Å². The Morgan fingerprint density at radius 1 is 0.863 bits per heavy atom. The van der Waals surface area contributed by atoms with E-state index in [-0.39, 0.29) is 62.7 Å². The van der Waals surface area contributed by atoms with Gasteiger partial charge in [0, 0.05) is 25.9 Å². The third-order valence-corrected chi connectivity index (χ3v) is 13.1. The third kappa shape index (κ3) is 11.5. The molecular weight excluding hydrogens is 644 g/mol. The Kier molecular flexibility index (Phi) is 16.2. The first-order chi connectivity index (χ1) is 24.5. The summed E-state index contributed by atoms with van der Waals surface area (Å²) in [5.74, 6) is 4.92. The average Bonchev–Trinajstić information content (AvgIpc) is 3.53. The molecule has 0 saturated heterocycles. The van der Waals surface area contributed by atoms with Crippen molar-refractivity contribution in [2.24, 2.45) is 46.8 Å². The summed E-state index contributed by atoms with van der Waals surface area (Å²) >= 11 is 0. The molecule has 3 saturated carbocycles. The second kappa shape index (κ2) is 20.0. The van der Waals surface area contributed by atoms with Crippen molar-refractivity contribution in [1.82, 2.24) is 10.2 Å². The average molecular weight is 715 g/mol. The van der Waals surface area contributed by atoms with E-state index in [0.717, 1.165) is 73.5 Å². The van der Waals surface area contributed by atoms with Crippen molar-refractivity contribution in [2.75, 3.05) is 32.8 Å². The highest BCUT2D eigenvalue weighted by Gasteiger charge is 2.54. The van der Waals surface area contributed by atoms with Crippen LogP contribution in [0.4, 0.5) is 4.79 Å². The van der Waals surface area contributed by atoms with Crippen molar-refractivity contribution in [2.45, 2.75) is 150 Å². The van der Waals surface area contributed by atoms with Crippen LogP contribution in [0.25, 0.3) is 0 Å². The fraction of sp³-hybridized carbons (Fsp3) is 0.857. The molecule has 0 spiro atoms. The van der Waals surface area contributed by atoms with Gasteiger partial charge < -0.3 is 24.4 Å². The number of nitrogens with one attached hydrogen (secondary N) is 1. The van der Waals surface area contributed by atoms with Gasteiger partial charge in [-0.1, -0.05) is 65.0 Å². The maximum Gasteiger partial charge on any atom is 0.407 e. The zero-order chi connectivity index (χ0) is 37.0. The molecule has 0 aromatic rings. The molecule has 9 heteroatoms. The second-order valence-electron chi connectivity index (χ2n) is 16.8. The lowest BCUT2D eigenvalue weighted by molar-refractivity contribution is -0.150. The van der Waals surface area contributed by atoms with E-state index in [1.807, 2.05) is 0 Å². The van der Waals surface area contributed by atoms with E-state index in [4.69, 9.17) is 14.2 Å². The Morgan fingerprint density at radius 3 is 2.35 bits per heavy atom. The lowest BCUT2D eigenvalue weighted by Crippen LogP contribution is -2.48. The van der Waals surface area contributed by atoms with Crippen LogP contribution >= 0.6 is 0 Å². The standard InChI is InChI=1S/C42H70N2O7/c1-7-49-39(46)23-26-44(28-40(47)50-8-2)38(45)15-10-9-11-25-43-41(48)51-32-22-24-42(6)31(27-32)16-17-36-35-19-18-33(34(35)20-21-37(36)42)30(5)14-12-13-29(3)4/h16,29-30,32-37H,7-15,17-28H2,1-6H3,(H,43,48)/t30?,32-,33+,34?,35?,36?,37?,42-/m0/s1. The molecule has 0 radical (unpaired) electrons. The summed E-state index contributed by atoms with van der Waals surface area (Å²) in [7, 11) is 0. The molecule has 0 bridgehead atoms. The molecule has 8 atom stereocenters. The van der Waals surface area contributed by atoms with Gasteiger partial charge in [0.05, 0.1) is 19.6 Å². The monoisotopic (exact) mass is 715 g/mol. The Balaban J connectivity index is 1.16. The number of allylic oxidation sites excluding steroid dienone is 1. The highest BCUT2D eigenvalue weighted by molar-refractivity contribution is 5.82. The van der Waals surface area contributed by atoms with Crippen molar-refractivity contribution in [3.8, 4) is 0 Å². The molecule has 3 fully saturated rings. The van der Waals surface area contributed by atoms with E-state index in [2.05, 4.69) is 39.1 Å². The van der Waals surface area contributed by atoms with Crippen LogP contribution < -0.4 is 5.32 Å². The van der Waals surface area contributed by atoms with Gasteiger partial charge in [-0.25, -0.2) is 4.79 Å². The number of amides is 2. The number of alkyl carbamates (subject to hydrolysis) is 1. The van der Waals surface area contributed by atoms with Gasteiger partial charge in [-0.3, -0.25) is 14.4 Å². The predicted molar refractivity (Wildman–Crippen MR) is 200 cm³/mol. The number of unbranched alkanes of at least 4 members (excludes halogenated alkanes) is 2. The highest BCUT2D eigenvalue weighted by Crippen LogP contribution is 2.63. The van der Waals surface area contributed by atoms with E-state index in [9.17, 15) is 19.2 Å². The Bertz CT molecular complexity index is 1190. The topological polar surface area (TPSA) is 111 Å². The molecule has 2 amide bonds. The Morgan fingerprint density at radius 2 is 1.61 bits per heavy atom. The van der Waals surface area contributed by atoms with Crippen LogP contribution in [-0.2, 0) is 28.6 Å². The fourth-order valence-electron chi connectivity index (χ4n) is 10.4. The summed E-state index contributed by atoms with van der Waals surface area (Å²) in [4.78, 5) is 50.7. The number of fused-ring (bicyclic) bond motifs is 5. The van der Waals surface area contributed by atoms with Crippen LogP contribution in [0.5, 0.6) is 0 Å². The lowest BCUT2D eigenvalue weighted by Gasteiger charge is -2.55. The molecule has 4 aliphatic rings. The number of ether oxygens (including phenoxy) is 3. The number of esters is 2. The molecule has 0 aromatic heterocycles. The largest absolute Gasteiger partial charge is 0.466 e. The zero-order valence-electron chi connectivity index (χ0n) is 32.9. The van der Waals surface area contributed by atoms with Crippen LogP contribution in [0.1, 0.15) is 144 Å². The van der Waals surface area contributed by atoms with Crippen molar-refractivity contribution in [3.05, 3.63) is 11.6 Å². The number of carbonyl (C=O) groups excluding carboxylic acids is 4. The number of hydrogen-bond acceptors (Lipinski definition) is 7. The molecule has 9 nitrogen and oxygen atoms in total. The number of hydrogen-bond donors (Lipinski definition) is 1. The molecule has 0 heterocycles. The molecule has 4 aliphatic carbocycles. The van der Waals surface area contributed by atoms with E-state index >= 15 is 0 Å². The normalized spacial score (nSPS) is 28.8. The summed E-state index contributed by atoms with van der Waals surface area (Å²) in [6, 6.07) is 0. The first-order valence-electron chi connectivity index (χ1n) is 20.7. The van der Waals surface area contributed by atoms with Gasteiger partial charge in [0.15, 0.2) is 0 Å². The molecule has 290 valence electrons. The minimum absolute atomic E-state index is 0.0309. The van der Waals surface area contributed by atoms with Gasteiger partial charge in [-0.15, -0.1) is 0 Å². The molecule has 5 unspecified atom stereocenters. The lowest BCUT2D eigenvalue weighted by atomic mass is 9.50. The number of nitrogens with zero attached hydrogens (tertiary/aromatic N) is 1. The first-order valence-corrected chi connectivity index (χ1v) is 20.7. The Hall–Kier alpha value is -2.58. The van der Waals surface area contributed by atoms with Crippen molar-refractivity contribution >= 4 is 23.9 Å². The maximum absolute atomic E-state index is 12.8. The summed E-state index contributed by atoms with van der Waals surface area (Å²) in [5, 5.41) is 2.92. The van der Waals surface area contributed by atoms with Crippen LogP contribution in [0.3, 0.4) is 0 Å². The maximum atomic E-state index is 12.8. The van der Waals surface area contributed by atoms with Crippen molar-refractivity contribution in [1.29, 1.82) is 0 Å². The van der Waals surface area contributed by atoms with Crippen molar-refractivity contribution < 1.29 is 33.4 Å². The van der Waals surface area contributed by atoms with Gasteiger partial charge >= 0.3 is 18.0 Å². The van der Waals surface area contributed by atoms with E-state index in [1.165, 1.54) is 61.8 Å². The SMILES string of the molecule is CCOC(=O)CCN(CC(=O)OCC)C(=O)CCCCCNC(=O)O[C@H]1CC[C@@]2(C)C(=CCC3C4CC[C@H](C(C)CCCC(C)C)C4CCC32)C1. The smallest absolute Gasteiger partial charge is 0.407 e. The van der Waals surface area contributed by atoms with Crippen LogP contribution in [0, 0.1) is 46.8 Å². The van der Waals surface area contributed by atoms with Crippen LogP contribution in [-0.4, -0.2) is 67.8 Å². The van der Waals surface area contributed by atoms with E-state index < -0.39 is 11.9 Å². The third-order valence-electron chi connectivity index (χ3n) is 13.1. The van der Waals surface area contributed by atoms with Crippen LogP contribution in [0.2, 0.25) is 0 Å². The minimum atomic E-state index is -0.494. The molecule has 51 heavy (non-hydrogen) atoms. The van der Waals surface area contributed by atoms with Gasteiger partial charge in [0.2, 0.25) is 5.91 Å². The zero-order valence-corrected chi connectivity index (χ0v) is 32.9. The predicted octanol–water partition coefficient (Wildman–Crippen LogP) is 8.64. The number of carbonyl (C=O) groups is 4. The van der Waals surface area contributed by atoms with Crippen molar-refractivity contribution in [3.63, 3.8) is 0 Å². The first kappa shape index (κ1) is 41.2. The minimum Gasteiger partial charge on any atom is -0.466 e. The molecule has 4 rings (SSSR count). The molecule has 0 aromatic carbocycles. The number of rotatable bonds is 19. The Labute approximate surface area is 308 Å². The van der Waals surface area contributed by atoms with Gasteiger partial charge in [-0.2, -0.15) is 0 Å². The quantitative estimate of drug-likeness (QED) is 0.0617. The second-order valence-corrected chi connectivity index (χ2v) is 16.8. The molecule has 0 aliphatic heterocycles. The molecular formula is C42H70N2O7. The highest BCUT2D eigenvalue weighted by atomic mass is 16.6. The molecule has 1 N–H and O–H groups in total. The van der Waals surface area contributed by atoms with Crippen LogP contribution in [0.15, 0.2) is 11.6 Å². The van der Waals surface area contributed by atoms with E-state index in [0.29, 0.717) is 13.0 Å². The summed E-state index contributed by atoms with van der Waals surface area (Å²) in [6.07, 6.45) is 18.4. The van der Waals surface area contributed by atoms with Gasteiger partial charge in [0.25, 0.3) is 0 Å². The van der Waals surface area contributed by atoms with Gasteiger partial charge in [-0.05, 0) is 118 Å². The summed E-state index contributed by atoms with van der Waals surface area (Å²) < 4.78 is 15.9. The summed E-state index contributed by atoms with van der Waals surface area (Å²) in [6.45, 7) is 14.1. The van der Waals surface area contributed by atoms with E-state index in [1.54, 1.807) is 13.8 Å².